The van der Waals surface area contributed by atoms with Gasteiger partial charge in [-0.3, -0.25) is 4.79 Å². The highest BCUT2D eigenvalue weighted by atomic mass is 32.1. The first-order valence-electron chi connectivity index (χ1n) is 6.61. The molecule has 0 aliphatic heterocycles. The summed E-state index contributed by atoms with van der Waals surface area (Å²) in [6.07, 6.45) is 1.48. The zero-order chi connectivity index (χ0) is 15.6. The van der Waals surface area contributed by atoms with Crippen LogP contribution in [0.5, 0.6) is 0 Å². The van der Waals surface area contributed by atoms with Crippen molar-refractivity contribution in [1.82, 2.24) is 10.5 Å². The number of carbonyl (C=O) groups excluding carboxylic acids is 1. The lowest BCUT2D eigenvalue weighted by molar-refractivity contribution is 0.0551. The summed E-state index contributed by atoms with van der Waals surface area (Å²) in [4.78, 5) is 12.8. The molecule has 0 radical (unpaired) electrons. The number of nitrogens with zero attached hydrogens (tertiary/aromatic N) is 1. The molecule has 0 unspecified atom stereocenters. The molecule has 3 aromatic rings. The smallest absolute Gasteiger partial charge is 0.273 e. The molecule has 0 aliphatic rings. The average molecular weight is 318 g/mol. The van der Waals surface area contributed by atoms with Crippen LogP contribution in [-0.4, -0.2) is 22.7 Å². The summed E-state index contributed by atoms with van der Waals surface area (Å²) in [7, 11) is 0. The molecule has 3 aromatic heterocycles. The van der Waals surface area contributed by atoms with Gasteiger partial charge in [-0.1, -0.05) is 11.2 Å². The Balaban J connectivity index is 1.81. The number of amides is 1. The molecule has 1 atom stereocenters. The van der Waals surface area contributed by atoms with Gasteiger partial charge in [0.25, 0.3) is 5.91 Å². The van der Waals surface area contributed by atoms with Gasteiger partial charge < -0.3 is 19.4 Å². The van der Waals surface area contributed by atoms with Crippen molar-refractivity contribution in [1.29, 1.82) is 0 Å². The Morgan fingerprint density at radius 3 is 2.91 bits per heavy atom. The third-order valence-electron chi connectivity index (χ3n) is 3.22. The van der Waals surface area contributed by atoms with E-state index in [4.69, 9.17) is 8.94 Å². The first-order chi connectivity index (χ1) is 10.6. The van der Waals surface area contributed by atoms with Gasteiger partial charge in [-0.05, 0) is 30.5 Å². The molecule has 114 valence electrons. The Morgan fingerprint density at radius 1 is 1.45 bits per heavy atom. The van der Waals surface area contributed by atoms with Crippen LogP contribution in [0.4, 0.5) is 0 Å². The lowest BCUT2D eigenvalue weighted by atomic mass is 9.98. The lowest BCUT2D eigenvalue weighted by Gasteiger charge is -2.25. The van der Waals surface area contributed by atoms with Gasteiger partial charge in [0.2, 0.25) is 0 Å². The second-order valence-corrected chi connectivity index (χ2v) is 5.77. The van der Waals surface area contributed by atoms with Crippen LogP contribution in [0, 0.1) is 6.92 Å². The number of aryl methyl sites for hydroxylation is 1. The summed E-state index contributed by atoms with van der Waals surface area (Å²) in [6, 6.07) is 8.52. The fourth-order valence-electron chi connectivity index (χ4n) is 2.10. The maximum Gasteiger partial charge on any atom is 0.273 e. The average Bonchev–Trinajstić information content (AvgIpc) is 3.24. The maximum atomic E-state index is 12.1. The predicted molar refractivity (Wildman–Crippen MR) is 79.6 cm³/mol. The second-order valence-electron chi connectivity index (χ2n) is 4.82. The molecule has 0 saturated carbocycles. The van der Waals surface area contributed by atoms with Gasteiger partial charge in [0, 0.05) is 10.9 Å². The molecule has 22 heavy (non-hydrogen) atoms. The van der Waals surface area contributed by atoms with Crippen molar-refractivity contribution in [3.63, 3.8) is 0 Å². The number of carbonyl (C=O) groups is 1. The van der Waals surface area contributed by atoms with Gasteiger partial charge in [0.15, 0.2) is 11.3 Å². The number of aliphatic hydroxyl groups is 1. The minimum Gasteiger partial charge on any atom is -0.466 e. The van der Waals surface area contributed by atoms with Crippen molar-refractivity contribution in [3.8, 4) is 0 Å². The van der Waals surface area contributed by atoms with Crippen molar-refractivity contribution >= 4 is 17.2 Å². The highest BCUT2D eigenvalue weighted by Crippen LogP contribution is 2.32. The van der Waals surface area contributed by atoms with Gasteiger partial charge in [-0.15, -0.1) is 11.3 Å². The quantitative estimate of drug-likeness (QED) is 0.753. The maximum absolute atomic E-state index is 12.1. The molecule has 0 bridgehead atoms. The number of hydrogen-bond donors (Lipinski definition) is 2. The van der Waals surface area contributed by atoms with Crippen molar-refractivity contribution in [2.24, 2.45) is 0 Å². The van der Waals surface area contributed by atoms with Crippen LogP contribution in [0.15, 0.2) is 50.9 Å². The number of nitrogens with one attached hydrogen (secondary N) is 1. The molecule has 3 heterocycles. The monoisotopic (exact) mass is 318 g/mol. The van der Waals surface area contributed by atoms with Crippen LogP contribution in [-0.2, 0) is 5.60 Å². The predicted octanol–water partition coefficient (Wildman–Crippen LogP) is 2.30. The number of thiophene rings is 1. The van der Waals surface area contributed by atoms with Gasteiger partial charge in [-0.25, -0.2) is 0 Å². The van der Waals surface area contributed by atoms with Crippen molar-refractivity contribution in [3.05, 3.63) is 64.1 Å². The minimum absolute atomic E-state index is 0.0359. The van der Waals surface area contributed by atoms with Gasteiger partial charge in [-0.2, -0.15) is 0 Å². The van der Waals surface area contributed by atoms with E-state index in [1.165, 1.54) is 23.7 Å². The zero-order valence-corrected chi connectivity index (χ0v) is 12.6. The summed E-state index contributed by atoms with van der Waals surface area (Å²) in [5.41, 5.74) is -1.25. The molecule has 0 aliphatic carbocycles. The summed E-state index contributed by atoms with van der Waals surface area (Å²) in [5, 5.41) is 19.2. The highest BCUT2D eigenvalue weighted by molar-refractivity contribution is 7.10. The SMILES string of the molecule is Cc1cc(C(=O)NC[C@](O)(c2ccco2)c2cccs2)no1. The Hall–Kier alpha value is -2.38. The number of hydrogen-bond acceptors (Lipinski definition) is 6. The van der Waals surface area contributed by atoms with Crippen LogP contribution in [0.2, 0.25) is 0 Å². The van der Waals surface area contributed by atoms with E-state index < -0.39 is 11.5 Å². The summed E-state index contributed by atoms with van der Waals surface area (Å²) < 4.78 is 10.2. The summed E-state index contributed by atoms with van der Waals surface area (Å²) in [5.74, 6) is 0.495. The van der Waals surface area contributed by atoms with Gasteiger partial charge >= 0.3 is 0 Å². The topological polar surface area (TPSA) is 88.5 Å². The standard InChI is InChI=1S/C15H14N2O4S/c1-10-8-11(17-21-10)14(18)16-9-15(19,12-4-2-6-20-12)13-5-3-7-22-13/h2-8,19H,9H2,1H3,(H,16,18)/t15-/m0/s1. The normalized spacial score (nSPS) is 13.7. The summed E-state index contributed by atoms with van der Waals surface area (Å²) in [6.45, 7) is 1.67. The fourth-order valence-corrected chi connectivity index (χ4v) is 2.92. The van der Waals surface area contributed by atoms with Gasteiger partial charge in [0.05, 0.1) is 12.8 Å². The largest absolute Gasteiger partial charge is 0.466 e. The molecule has 0 spiro atoms. The molecule has 3 rings (SSSR count). The van der Waals surface area contributed by atoms with Crippen molar-refractivity contribution in [2.75, 3.05) is 6.54 Å². The molecule has 0 saturated heterocycles. The highest BCUT2D eigenvalue weighted by Gasteiger charge is 2.36. The number of aromatic nitrogens is 1. The molecular formula is C15H14N2O4S. The van der Waals surface area contributed by atoms with E-state index in [0.717, 1.165) is 0 Å². The summed E-state index contributed by atoms with van der Waals surface area (Å²) >= 11 is 1.38. The number of furan rings is 1. The molecule has 0 fully saturated rings. The molecule has 7 heteroatoms. The first kappa shape index (κ1) is 14.6. The van der Waals surface area contributed by atoms with E-state index in [1.807, 2.05) is 11.4 Å². The van der Waals surface area contributed by atoms with Crippen LogP contribution in [0.3, 0.4) is 0 Å². The van der Waals surface area contributed by atoms with E-state index >= 15 is 0 Å². The molecular weight excluding hydrogens is 304 g/mol. The van der Waals surface area contributed by atoms with E-state index in [-0.39, 0.29) is 12.2 Å². The van der Waals surface area contributed by atoms with Crippen LogP contribution >= 0.6 is 11.3 Å². The Kier molecular flexibility index (Phi) is 3.82. The first-order valence-corrected chi connectivity index (χ1v) is 7.49. The number of rotatable bonds is 5. The Morgan fingerprint density at radius 2 is 2.32 bits per heavy atom. The molecule has 0 aromatic carbocycles. The van der Waals surface area contributed by atoms with Crippen LogP contribution < -0.4 is 5.32 Å². The zero-order valence-electron chi connectivity index (χ0n) is 11.8. The lowest BCUT2D eigenvalue weighted by Crippen LogP contribution is -2.41. The van der Waals surface area contributed by atoms with Crippen LogP contribution in [0.1, 0.15) is 26.9 Å². The minimum atomic E-state index is -1.42. The Labute approximate surface area is 130 Å². The second kappa shape index (κ2) is 5.78. The molecule has 1 amide bonds. The van der Waals surface area contributed by atoms with Gasteiger partial charge in [0.1, 0.15) is 11.5 Å². The molecule has 2 N–H and O–H groups in total. The third-order valence-corrected chi connectivity index (χ3v) is 4.24. The third kappa shape index (κ3) is 2.68. The fraction of sp³-hybridized carbons (Fsp3) is 0.200. The van der Waals surface area contributed by atoms with E-state index in [0.29, 0.717) is 16.4 Å². The van der Waals surface area contributed by atoms with Crippen molar-refractivity contribution in [2.45, 2.75) is 12.5 Å². The van der Waals surface area contributed by atoms with E-state index in [1.54, 1.807) is 25.1 Å². The molecule has 6 nitrogen and oxygen atoms in total. The van der Waals surface area contributed by atoms with E-state index in [2.05, 4.69) is 10.5 Å². The Bertz CT molecular complexity index is 712. The van der Waals surface area contributed by atoms with E-state index in [9.17, 15) is 9.90 Å². The van der Waals surface area contributed by atoms with Crippen LogP contribution in [0.25, 0.3) is 0 Å². The van der Waals surface area contributed by atoms with Crippen molar-refractivity contribution < 1.29 is 18.8 Å².